The van der Waals surface area contributed by atoms with Crippen LogP contribution in [0.2, 0.25) is 0 Å². The molecule has 4 N–H and O–H groups in total. The van der Waals surface area contributed by atoms with E-state index in [1.54, 1.807) is 0 Å². The Morgan fingerprint density at radius 3 is 2.86 bits per heavy atom. The van der Waals surface area contributed by atoms with Crippen molar-refractivity contribution in [2.75, 3.05) is 0 Å². The van der Waals surface area contributed by atoms with Gasteiger partial charge in [0.2, 0.25) is 5.16 Å². The number of hydrogen-bond acceptors (Lipinski definition) is 6. The number of aryl methyl sites for hydroxylation is 1. The van der Waals surface area contributed by atoms with Crippen LogP contribution in [0.3, 0.4) is 0 Å². The molecule has 0 aliphatic carbocycles. The van der Waals surface area contributed by atoms with Crippen LogP contribution in [0, 0.1) is 6.92 Å². The first-order chi connectivity index (χ1) is 10.2. The molecule has 106 valence electrons. The van der Waals surface area contributed by atoms with Gasteiger partial charge in [0.05, 0.1) is 11.1 Å². The Bertz CT molecular complexity index is 828. The molecule has 0 radical (unpaired) electrons. The van der Waals surface area contributed by atoms with Crippen molar-refractivity contribution in [2.45, 2.75) is 17.1 Å². The van der Waals surface area contributed by atoms with Gasteiger partial charge in [0, 0.05) is 5.39 Å². The van der Waals surface area contributed by atoms with Gasteiger partial charge in [0.1, 0.15) is 10.9 Å². The molecule has 2 heterocycles. The minimum absolute atomic E-state index is 0.00279. The first kappa shape index (κ1) is 13.4. The zero-order valence-electron chi connectivity index (χ0n) is 11.1. The number of nitrogens with zero attached hydrogens (tertiary/aromatic N) is 4. The maximum absolute atomic E-state index is 8.94. The Balaban J connectivity index is 2.13. The number of pyridine rings is 1. The zero-order chi connectivity index (χ0) is 14.8. The number of rotatable bonds is 3. The van der Waals surface area contributed by atoms with Gasteiger partial charge >= 0.3 is 0 Å². The van der Waals surface area contributed by atoms with Crippen LogP contribution < -0.4 is 5.73 Å². The summed E-state index contributed by atoms with van der Waals surface area (Å²) in [5, 5.41) is 20.9. The van der Waals surface area contributed by atoms with Crippen LogP contribution in [0.4, 0.5) is 0 Å². The highest BCUT2D eigenvalue weighted by Gasteiger charge is 2.14. The van der Waals surface area contributed by atoms with Crippen LogP contribution in [0.25, 0.3) is 10.9 Å². The van der Waals surface area contributed by atoms with Gasteiger partial charge in [-0.05, 0) is 30.8 Å². The number of amidine groups is 1. The lowest BCUT2D eigenvalue weighted by Gasteiger charge is -2.07. The van der Waals surface area contributed by atoms with E-state index in [9.17, 15) is 0 Å². The van der Waals surface area contributed by atoms with E-state index in [1.807, 2.05) is 37.3 Å². The second kappa shape index (κ2) is 5.41. The van der Waals surface area contributed by atoms with Crippen LogP contribution in [-0.2, 0) is 0 Å². The summed E-state index contributed by atoms with van der Waals surface area (Å²) in [6.45, 7) is 1.81. The number of hydrogen-bond donors (Lipinski definition) is 3. The number of benzene rings is 1. The number of H-pyrrole nitrogens is 1. The fourth-order valence-electron chi connectivity index (χ4n) is 1.87. The molecule has 8 heteroatoms. The molecular weight excluding hydrogens is 288 g/mol. The van der Waals surface area contributed by atoms with E-state index in [1.165, 1.54) is 11.8 Å². The molecule has 0 aliphatic rings. The molecule has 0 saturated heterocycles. The van der Waals surface area contributed by atoms with Crippen molar-refractivity contribution in [3.05, 3.63) is 41.7 Å². The summed E-state index contributed by atoms with van der Waals surface area (Å²) in [6.07, 6.45) is 0. The van der Waals surface area contributed by atoms with Gasteiger partial charge in [-0.15, -0.1) is 5.10 Å². The van der Waals surface area contributed by atoms with Crippen molar-refractivity contribution in [3.63, 3.8) is 0 Å². The lowest BCUT2D eigenvalue weighted by molar-refractivity contribution is 0.318. The standard InChI is InChI=1S/C13H12N6OS/c1-7-15-13(18-17-7)21-12-9(11(14)19-20)6-8-4-2-3-5-10(8)16-12/h2-6,20H,1H3,(H2,14,19)(H,15,17,18). The quantitative estimate of drug-likeness (QED) is 0.295. The van der Waals surface area contributed by atoms with Crippen molar-refractivity contribution in [1.29, 1.82) is 0 Å². The molecule has 21 heavy (non-hydrogen) atoms. The van der Waals surface area contributed by atoms with Gasteiger partial charge in [-0.3, -0.25) is 5.10 Å². The summed E-state index contributed by atoms with van der Waals surface area (Å²) < 4.78 is 0. The minimum atomic E-state index is 0.00279. The molecule has 3 aromatic rings. The number of nitrogens with two attached hydrogens (primary N) is 1. The fourth-order valence-corrected chi connectivity index (χ4v) is 2.73. The van der Waals surface area contributed by atoms with E-state index in [4.69, 9.17) is 10.9 Å². The number of para-hydroxylation sites is 1. The molecule has 7 nitrogen and oxygen atoms in total. The van der Waals surface area contributed by atoms with Gasteiger partial charge in [0.15, 0.2) is 5.84 Å². The number of oxime groups is 1. The zero-order valence-corrected chi connectivity index (χ0v) is 11.9. The smallest absolute Gasteiger partial charge is 0.214 e. The molecule has 0 bridgehead atoms. The van der Waals surface area contributed by atoms with E-state index in [-0.39, 0.29) is 5.84 Å². The highest BCUT2D eigenvalue weighted by molar-refractivity contribution is 7.99. The van der Waals surface area contributed by atoms with Gasteiger partial charge in [-0.25, -0.2) is 9.97 Å². The summed E-state index contributed by atoms with van der Waals surface area (Å²) in [6, 6.07) is 9.47. The summed E-state index contributed by atoms with van der Waals surface area (Å²) >= 11 is 1.26. The van der Waals surface area contributed by atoms with Gasteiger partial charge in [0.25, 0.3) is 0 Å². The third-order valence-corrected chi connectivity index (χ3v) is 3.71. The molecule has 0 spiro atoms. The molecule has 0 saturated carbocycles. The Morgan fingerprint density at radius 1 is 1.33 bits per heavy atom. The summed E-state index contributed by atoms with van der Waals surface area (Å²) in [5.41, 5.74) is 7.11. The van der Waals surface area contributed by atoms with Crippen LogP contribution in [0.15, 0.2) is 45.7 Å². The normalized spacial score (nSPS) is 12.0. The Morgan fingerprint density at radius 2 is 2.14 bits per heavy atom. The van der Waals surface area contributed by atoms with Gasteiger partial charge in [-0.2, -0.15) is 0 Å². The minimum Gasteiger partial charge on any atom is -0.409 e. The first-order valence-corrected chi connectivity index (χ1v) is 6.93. The van der Waals surface area contributed by atoms with Crippen LogP contribution in [0.5, 0.6) is 0 Å². The van der Waals surface area contributed by atoms with Crippen molar-refractivity contribution in [3.8, 4) is 0 Å². The lowest BCUT2D eigenvalue weighted by atomic mass is 10.1. The van der Waals surface area contributed by atoms with E-state index in [2.05, 4.69) is 25.3 Å². The van der Waals surface area contributed by atoms with Crippen LogP contribution in [0.1, 0.15) is 11.4 Å². The topological polar surface area (TPSA) is 113 Å². The largest absolute Gasteiger partial charge is 0.409 e. The second-order valence-corrected chi connectivity index (χ2v) is 5.28. The Hall–Kier alpha value is -2.61. The maximum atomic E-state index is 8.94. The first-order valence-electron chi connectivity index (χ1n) is 6.12. The molecule has 2 aromatic heterocycles. The van der Waals surface area contributed by atoms with Crippen molar-refractivity contribution in [2.24, 2.45) is 10.9 Å². The van der Waals surface area contributed by atoms with Crippen molar-refractivity contribution >= 4 is 28.5 Å². The second-order valence-electron chi connectivity index (χ2n) is 4.32. The number of aromatic amines is 1. The molecule has 0 aliphatic heterocycles. The fraction of sp³-hybridized carbons (Fsp3) is 0.0769. The molecule has 0 atom stereocenters. The predicted octanol–water partition coefficient (Wildman–Crippen LogP) is 1.91. The monoisotopic (exact) mass is 300 g/mol. The van der Waals surface area contributed by atoms with Crippen LogP contribution in [-0.4, -0.2) is 31.2 Å². The average molecular weight is 300 g/mol. The van der Waals surface area contributed by atoms with E-state index >= 15 is 0 Å². The van der Waals surface area contributed by atoms with E-state index < -0.39 is 0 Å². The summed E-state index contributed by atoms with van der Waals surface area (Å²) in [5.74, 6) is 0.714. The molecular formula is C13H12N6OS. The van der Waals surface area contributed by atoms with Crippen LogP contribution >= 0.6 is 11.8 Å². The third kappa shape index (κ3) is 2.65. The van der Waals surface area contributed by atoms with Crippen molar-refractivity contribution in [1.82, 2.24) is 20.2 Å². The summed E-state index contributed by atoms with van der Waals surface area (Å²) in [7, 11) is 0. The van der Waals surface area contributed by atoms with Crippen molar-refractivity contribution < 1.29 is 5.21 Å². The molecule has 0 amide bonds. The molecule has 1 aromatic carbocycles. The third-order valence-electron chi connectivity index (χ3n) is 2.84. The number of fused-ring (bicyclic) bond motifs is 1. The van der Waals surface area contributed by atoms with E-state index in [0.717, 1.165) is 10.9 Å². The number of nitrogens with one attached hydrogen (secondary N) is 1. The predicted molar refractivity (Wildman–Crippen MR) is 79.5 cm³/mol. The Labute approximate surface area is 124 Å². The van der Waals surface area contributed by atoms with E-state index in [0.29, 0.717) is 21.6 Å². The highest BCUT2D eigenvalue weighted by Crippen LogP contribution is 2.28. The molecule has 0 unspecified atom stereocenters. The number of aromatic nitrogens is 4. The van der Waals surface area contributed by atoms with Gasteiger partial charge in [-0.1, -0.05) is 23.4 Å². The molecule has 0 fully saturated rings. The Kier molecular flexibility index (Phi) is 3.44. The SMILES string of the molecule is Cc1nc(Sc2nc3ccccc3cc2C(N)=NO)n[nH]1. The highest BCUT2D eigenvalue weighted by atomic mass is 32.2. The maximum Gasteiger partial charge on any atom is 0.214 e. The van der Waals surface area contributed by atoms with Gasteiger partial charge < -0.3 is 10.9 Å². The lowest BCUT2D eigenvalue weighted by Crippen LogP contribution is -2.15. The average Bonchev–Trinajstić information content (AvgIpc) is 2.91. The molecule has 3 rings (SSSR count). The summed E-state index contributed by atoms with van der Waals surface area (Å²) in [4.78, 5) is 8.77.